The van der Waals surface area contributed by atoms with Crippen molar-refractivity contribution in [2.45, 2.75) is 39.0 Å². The van der Waals surface area contributed by atoms with Crippen LogP contribution < -0.4 is 25.5 Å². The Hall–Kier alpha value is -5.07. The first-order valence-electron chi connectivity index (χ1n) is 14.2. The Morgan fingerprint density at radius 2 is 1.77 bits per heavy atom. The van der Waals surface area contributed by atoms with Crippen LogP contribution in [0.25, 0.3) is 10.9 Å². The molecule has 44 heavy (non-hydrogen) atoms. The number of carbonyl (C=O) groups is 3. The van der Waals surface area contributed by atoms with Crippen molar-refractivity contribution in [1.82, 2.24) is 15.0 Å². The first-order chi connectivity index (χ1) is 21.2. The van der Waals surface area contributed by atoms with E-state index in [9.17, 15) is 14.4 Å². The van der Waals surface area contributed by atoms with Crippen LogP contribution in [0.5, 0.6) is 17.2 Å². The molecule has 1 aliphatic heterocycles. The molecule has 4 aromatic rings. The highest BCUT2D eigenvalue weighted by Crippen LogP contribution is 2.33. The van der Waals surface area contributed by atoms with Gasteiger partial charge in [0.15, 0.2) is 0 Å². The third-order valence-electron chi connectivity index (χ3n) is 7.23. The summed E-state index contributed by atoms with van der Waals surface area (Å²) in [5.74, 6) is -0.535. The Morgan fingerprint density at radius 3 is 2.45 bits per heavy atom. The Morgan fingerprint density at radius 1 is 1.02 bits per heavy atom. The van der Waals surface area contributed by atoms with Crippen molar-refractivity contribution in [3.63, 3.8) is 0 Å². The lowest BCUT2D eigenvalue weighted by atomic mass is 10.0. The van der Waals surface area contributed by atoms with Gasteiger partial charge in [-0.05, 0) is 63.2 Å². The Kier molecular flexibility index (Phi) is 9.02. The smallest absolute Gasteiger partial charge is 0.322 e. The maximum absolute atomic E-state index is 13.7. The average molecular weight is 599 g/mol. The number of hydrogen-bond acceptors (Lipinski definition) is 10. The number of hydrogen-bond donors (Lipinski definition) is 2. The van der Waals surface area contributed by atoms with Crippen LogP contribution >= 0.6 is 0 Å². The third kappa shape index (κ3) is 6.46. The van der Waals surface area contributed by atoms with E-state index in [2.05, 4.69) is 15.3 Å². The average Bonchev–Trinajstić information content (AvgIpc) is 3.26. The van der Waals surface area contributed by atoms with Crippen molar-refractivity contribution >= 4 is 40.2 Å². The predicted molar refractivity (Wildman–Crippen MR) is 164 cm³/mol. The maximum atomic E-state index is 13.7. The number of benzene rings is 2. The van der Waals surface area contributed by atoms with E-state index < -0.39 is 41.9 Å². The van der Waals surface area contributed by atoms with E-state index in [0.29, 0.717) is 28.5 Å². The summed E-state index contributed by atoms with van der Waals surface area (Å²) >= 11 is 0. The molecular formula is C32H34N6O6. The van der Waals surface area contributed by atoms with Crippen molar-refractivity contribution < 1.29 is 28.6 Å². The number of nitrogens with two attached hydrogens (primary N) is 1. The van der Waals surface area contributed by atoms with Gasteiger partial charge >= 0.3 is 5.97 Å². The number of fused-ring (bicyclic) bond motifs is 1. The zero-order valence-corrected chi connectivity index (χ0v) is 24.8. The minimum absolute atomic E-state index is 0.171. The van der Waals surface area contributed by atoms with Crippen molar-refractivity contribution in [2.75, 3.05) is 24.0 Å². The van der Waals surface area contributed by atoms with Crippen LogP contribution in [0.4, 0.5) is 11.5 Å². The van der Waals surface area contributed by atoms with Gasteiger partial charge in [0.1, 0.15) is 41.1 Å². The number of esters is 1. The lowest BCUT2D eigenvalue weighted by Gasteiger charge is -2.32. The van der Waals surface area contributed by atoms with Gasteiger partial charge in [0, 0.05) is 23.7 Å². The fraction of sp³-hybridized carbons (Fsp3) is 0.281. The summed E-state index contributed by atoms with van der Waals surface area (Å²) in [6.07, 6.45) is 2.54. The fourth-order valence-electron chi connectivity index (χ4n) is 5.01. The van der Waals surface area contributed by atoms with E-state index in [1.807, 2.05) is 24.3 Å². The van der Waals surface area contributed by atoms with Crippen LogP contribution in [0.15, 0.2) is 79.1 Å². The van der Waals surface area contributed by atoms with E-state index >= 15 is 0 Å². The molecule has 2 unspecified atom stereocenters. The van der Waals surface area contributed by atoms with Crippen molar-refractivity contribution in [2.24, 2.45) is 11.7 Å². The summed E-state index contributed by atoms with van der Waals surface area (Å²) in [7, 11) is 1.59. The number of para-hydroxylation sites is 1. The molecule has 228 valence electrons. The molecule has 2 aromatic heterocycles. The van der Waals surface area contributed by atoms with Crippen LogP contribution in [0.1, 0.15) is 20.8 Å². The molecule has 3 heterocycles. The van der Waals surface area contributed by atoms with Crippen LogP contribution in [-0.4, -0.2) is 64.6 Å². The first kappa shape index (κ1) is 30.4. The zero-order chi connectivity index (χ0) is 31.4. The number of nitrogens with zero attached hydrogens (tertiary/aromatic N) is 4. The molecule has 2 aromatic carbocycles. The number of ether oxygens (including phenoxy) is 3. The van der Waals surface area contributed by atoms with E-state index in [1.165, 1.54) is 11.2 Å². The number of pyridine rings is 2. The quantitative estimate of drug-likeness (QED) is 0.203. The predicted octanol–water partition coefficient (Wildman–Crippen LogP) is 3.92. The summed E-state index contributed by atoms with van der Waals surface area (Å²) in [6, 6.07) is 18.2. The zero-order valence-electron chi connectivity index (χ0n) is 24.8. The topological polar surface area (TPSA) is 149 Å². The highest BCUT2D eigenvalue weighted by Gasteiger charge is 2.49. The third-order valence-corrected chi connectivity index (χ3v) is 7.23. The van der Waals surface area contributed by atoms with Gasteiger partial charge in [0.25, 0.3) is 5.91 Å². The second-order valence-corrected chi connectivity index (χ2v) is 10.5. The summed E-state index contributed by atoms with van der Waals surface area (Å²) in [6.45, 7) is 5.21. The number of amides is 2. The minimum atomic E-state index is -1.05. The second kappa shape index (κ2) is 13.1. The minimum Gasteiger partial charge on any atom is -0.497 e. The van der Waals surface area contributed by atoms with Crippen molar-refractivity contribution in [3.05, 3.63) is 79.1 Å². The molecule has 4 atom stereocenters. The van der Waals surface area contributed by atoms with E-state index in [4.69, 9.17) is 19.9 Å². The summed E-state index contributed by atoms with van der Waals surface area (Å²) < 4.78 is 16.8. The molecule has 1 fully saturated rings. The monoisotopic (exact) mass is 598 g/mol. The van der Waals surface area contributed by atoms with Crippen molar-refractivity contribution in [3.8, 4) is 17.2 Å². The molecule has 1 saturated heterocycles. The number of carbonyl (C=O) groups excluding carboxylic acids is 3. The normalized spacial score (nSPS) is 18.1. The first-order valence-corrected chi connectivity index (χ1v) is 14.2. The number of rotatable bonds is 10. The highest BCUT2D eigenvalue weighted by atomic mass is 16.5. The number of methoxy groups -OCH3 is 1. The molecule has 0 bridgehead atoms. The molecule has 0 saturated carbocycles. The van der Waals surface area contributed by atoms with Gasteiger partial charge in [0.05, 0.1) is 31.1 Å². The molecule has 2 amide bonds. The summed E-state index contributed by atoms with van der Waals surface area (Å²) in [5.41, 5.74) is 6.96. The molecule has 12 heteroatoms. The standard InChI is InChI=1S/C32H34N6O6/c1-19(43-32(41)20(2)33)18-37-21(3)29(31(40)38(37)22-8-6-5-7-9-22)30(39)36-28-13-11-24(17-35-28)44-27-14-15-34-26-16-23(42-4)10-12-25(26)27/h5-17,19-21,29H,18,33H2,1-4H3,(H,35,36,39)/t19-,20+,21?,29?/m1/s1. The number of anilines is 2. The van der Waals surface area contributed by atoms with Gasteiger partial charge in [-0.3, -0.25) is 19.4 Å². The Labute approximate surface area is 254 Å². The Balaban J connectivity index is 1.31. The molecule has 3 N–H and O–H groups in total. The molecule has 5 rings (SSSR count). The largest absolute Gasteiger partial charge is 0.497 e. The van der Waals surface area contributed by atoms with Crippen LogP contribution in [0.3, 0.4) is 0 Å². The van der Waals surface area contributed by atoms with Gasteiger partial charge < -0.3 is 25.3 Å². The SMILES string of the molecule is COc1ccc2c(Oc3ccc(NC(=O)C4C(=O)N(c5ccccc5)N(C[C@@H](C)OC(=O)[C@H](C)N)C4C)nc3)ccnc2c1. The fourth-order valence-corrected chi connectivity index (χ4v) is 5.01. The molecule has 0 radical (unpaired) electrons. The van der Waals surface area contributed by atoms with E-state index in [1.54, 1.807) is 81.6 Å². The van der Waals surface area contributed by atoms with Gasteiger partial charge in [-0.2, -0.15) is 0 Å². The van der Waals surface area contributed by atoms with Crippen molar-refractivity contribution in [1.29, 1.82) is 0 Å². The van der Waals surface area contributed by atoms with Gasteiger partial charge in [-0.1, -0.05) is 18.2 Å². The van der Waals surface area contributed by atoms with E-state index in [-0.39, 0.29) is 12.4 Å². The molecular weight excluding hydrogens is 564 g/mol. The van der Waals surface area contributed by atoms with E-state index in [0.717, 1.165) is 5.39 Å². The van der Waals surface area contributed by atoms with Gasteiger partial charge in [0.2, 0.25) is 5.91 Å². The lowest BCUT2D eigenvalue weighted by Crippen LogP contribution is -2.47. The second-order valence-electron chi connectivity index (χ2n) is 10.5. The molecule has 0 aliphatic carbocycles. The lowest BCUT2D eigenvalue weighted by molar-refractivity contribution is -0.150. The molecule has 1 aliphatic rings. The molecule has 0 spiro atoms. The van der Waals surface area contributed by atoms with Crippen LogP contribution in [-0.2, 0) is 19.1 Å². The number of aromatic nitrogens is 2. The van der Waals surface area contributed by atoms with Gasteiger partial charge in [-0.15, -0.1) is 0 Å². The summed E-state index contributed by atoms with van der Waals surface area (Å²) in [5, 5.41) is 6.76. The summed E-state index contributed by atoms with van der Waals surface area (Å²) in [4.78, 5) is 48.0. The van der Waals surface area contributed by atoms with Crippen LogP contribution in [0, 0.1) is 5.92 Å². The molecule has 12 nitrogen and oxygen atoms in total. The number of nitrogens with one attached hydrogen (secondary N) is 1. The Bertz CT molecular complexity index is 1650. The maximum Gasteiger partial charge on any atom is 0.322 e. The van der Waals surface area contributed by atoms with Gasteiger partial charge in [-0.25, -0.2) is 15.0 Å². The number of hydrazine groups is 1. The highest BCUT2D eigenvalue weighted by molar-refractivity contribution is 6.13. The van der Waals surface area contributed by atoms with Crippen LogP contribution in [0.2, 0.25) is 0 Å².